The summed E-state index contributed by atoms with van der Waals surface area (Å²) >= 11 is 0. The Morgan fingerprint density at radius 3 is 2.13 bits per heavy atom. The van der Waals surface area contributed by atoms with Crippen LogP contribution in [-0.4, -0.2) is 129 Å². The van der Waals surface area contributed by atoms with E-state index < -0.39 is 125 Å². The standard InChI is InChI=1S/C50H67NO16S2/c1-11-23-68-69-24-22-61-45(59)64-38(37(31-18-14-12-15-19-31)51-44(58)67-46(5,6)7)43(57)63-34(29(2)3)27-50(60)41(65-42(56)32-20-16-13-17-21-32)39-48(10,40(55)33(53)26-47(50,8)9)35(54)25-36-49(39,28-62-36)66-30(4)52/h12-21,33-39,41,53-54,60H,2,11,22-28H2,1,3-10H3,(H,51,58)/t33-,34+,35+,36-,37+,38?,39+,41+,48-,49+,50-/m0/s1. The second kappa shape index (κ2) is 22.6. The number of amides is 1. The number of fused-ring (bicyclic) bond motifs is 3. The van der Waals surface area contributed by atoms with Crippen LogP contribution in [0.3, 0.4) is 0 Å². The number of carbonyl (C=O) groups excluding carboxylic acids is 6. The first-order valence-corrected chi connectivity index (χ1v) is 25.5. The first kappa shape index (κ1) is 55.3. The van der Waals surface area contributed by atoms with Crippen molar-refractivity contribution in [3.05, 3.63) is 83.9 Å². The van der Waals surface area contributed by atoms with Gasteiger partial charge in [0.05, 0.1) is 29.6 Å². The van der Waals surface area contributed by atoms with Gasteiger partial charge < -0.3 is 53.8 Å². The molecule has 2 saturated carbocycles. The fourth-order valence-electron chi connectivity index (χ4n) is 9.47. The van der Waals surface area contributed by atoms with Gasteiger partial charge in [0.15, 0.2) is 11.4 Å². The summed E-state index contributed by atoms with van der Waals surface area (Å²) in [5, 5.41) is 40.2. The summed E-state index contributed by atoms with van der Waals surface area (Å²) in [6.07, 6.45) is -12.5. The average molecular weight is 1000 g/mol. The number of hydrogen-bond acceptors (Lipinski definition) is 18. The molecule has 380 valence electrons. The molecule has 1 saturated heterocycles. The van der Waals surface area contributed by atoms with E-state index in [1.807, 2.05) is 6.92 Å². The van der Waals surface area contributed by atoms with Crippen LogP contribution in [0.2, 0.25) is 0 Å². The summed E-state index contributed by atoms with van der Waals surface area (Å²) in [7, 11) is 3.08. The van der Waals surface area contributed by atoms with Gasteiger partial charge in [0.25, 0.3) is 0 Å². The van der Waals surface area contributed by atoms with Gasteiger partial charge in [-0.2, -0.15) is 0 Å². The summed E-state index contributed by atoms with van der Waals surface area (Å²) in [6.45, 7) is 17.7. The molecule has 1 unspecified atom stereocenters. The summed E-state index contributed by atoms with van der Waals surface area (Å²) in [5.41, 5.74) is -8.49. The number of benzene rings is 2. The highest BCUT2D eigenvalue weighted by molar-refractivity contribution is 8.76. The predicted molar refractivity (Wildman–Crippen MR) is 256 cm³/mol. The monoisotopic (exact) mass is 1000 g/mol. The predicted octanol–water partition coefficient (Wildman–Crippen LogP) is 6.85. The van der Waals surface area contributed by atoms with Crippen molar-refractivity contribution in [2.45, 2.75) is 147 Å². The van der Waals surface area contributed by atoms with E-state index in [9.17, 15) is 44.1 Å². The van der Waals surface area contributed by atoms with Crippen molar-refractivity contribution < 1.29 is 77.2 Å². The molecular formula is C50H67NO16S2. The van der Waals surface area contributed by atoms with Gasteiger partial charge >= 0.3 is 30.2 Å². The highest BCUT2D eigenvalue weighted by Crippen LogP contribution is 2.62. The van der Waals surface area contributed by atoms with Crippen molar-refractivity contribution in [1.29, 1.82) is 0 Å². The van der Waals surface area contributed by atoms with E-state index in [-0.39, 0.29) is 30.8 Å². The highest BCUT2D eigenvalue weighted by atomic mass is 33.1. The molecule has 0 radical (unpaired) electrons. The number of Topliss-reactive ketones (excluding diaryl/α,β-unsaturated/α-hetero) is 1. The first-order valence-electron chi connectivity index (χ1n) is 23.0. The molecular weight excluding hydrogens is 935 g/mol. The highest BCUT2D eigenvalue weighted by Gasteiger charge is 2.76. The molecule has 1 heterocycles. The molecule has 0 spiro atoms. The van der Waals surface area contributed by atoms with Gasteiger partial charge in [0, 0.05) is 36.7 Å². The van der Waals surface area contributed by atoms with E-state index in [0.29, 0.717) is 11.3 Å². The van der Waals surface area contributed by atoms with Crippen LogP contribution in [0, 0.1) is 16.7 Å². The molecule has 17 nitrogen and oxygen atoms in total. The van der Waals surface area contributed by atoms with Gasteiger partial charge in [-0.25, -0.2) is 19.2 Å². The molecule has 3 fully saturated rings. The number of aliphatic hydroxyl groups excluding tert-OH is 2. The van der Waals surface area contributed by atoms with Crippen LogP contribution in [0.5, 0.6) is 0 Å². The lowest BCUT2D eigenvalue weighted by Gasteiger charge is -2.66. The largest absolute Gasteiger partial charge is 0.509 e. The minimum Gasteiger partial charge on any atom is -0.455 e. The van der Waals surface area contributed by atoms with Gasteiger partial charge in [-0.3, -0.25) is 9.59 Å². The zero-order valence-corrected chi connectivity index (χ0v) is 42.4. The van der Waals surface area contributed by atoms with E-state index in [0.717, 1.165) is 19.1 Å². The van der Waals surface area contributed by atoms with Gasteiger partial charge in [-0.1, -0.05) is 97.5 Å². The topological polar surface area (TPSA) is 240 Å². The lowest BCUT2D eigenvalue weighted by atomic mass is 9.46. The molecule has 19 heteroatoms. The van der Waals surface area contributed by atoms with Crippen LogP contribution in [0.4, 0.5) is 9.59 Å². The minimum absolute atomic E-state index is 0.0459. The molecule has 5 rings (SSSR count). The Bertz CT molecular complexity index is 2170. The number of aliphatic hydroxyl groups is 3. The van der Waals surface area contributed by atoms with Crippen LogP contribution in [0.25, 0.3) is 0 Å². The van der Waals surface area contributed by atoms with Crippen molar-refractivity contribution in [2.75, 3.05) is 24.7 Å². The molecule has 11 atom stereocenters. The number of carbonyl (C=O) groups is 6. The molecule has 0 bridgehead atoms. The summed E-state index contributed by atoms with van der Waals surface area (Å²) in [4.78, 5) is 84.0. The third-order valence-corrected chi connectivity index (χ3v) is 15.6. The number of nitrogens with one attached hydrogen (secondary N) is 1. The lowest BCUT2D eigenvalue weighted by molar-refractivity contribution is -0.347. The second-order valence-corrected chi connectivity index (χ2v) is 22.4. The Hall–Kier alpha value is -4.66. The second-order valence-electron chi connectivity index (χ2n) is 19.7. The van der Waals surface area contributed by atoms with Crippen molar-refractivity contribution in [3.8, 4) is 0 Å². The van der Waals surface area contributed by atoms with Crippen LogP contribution in [-0.2, 0) is 47.5 Å². The van der Waals surface area contributed by atoms with E-state index >= 15 is 0 Å². The van der Waals surface area contributed by atoms with Gasteiger partial charge in [-0.15, -0.1) is 0 Å². The maximum absolute atomic E-state index is 14.9. The Morgan fingerprint density at radius 2 is 1.57 bits per heavy atom. The number of rotatable bonds is 18. The molecule has 0 aromatic heterocycles. The average Bonchev–Trinajstić information content (AvgIpc) is 3.27. The minimum atomic E-state index is -2.48. The molecule has 2 aliphatic carbocycles. The first-order chi connectivity index (χ1) is 32.3. The fraction of sp³-hybridized carbons (Fsp3) is 0.600. The summed E-state index contributed by atoms with van der Waals surface area (Å²) in [5.74, 6) is -4.15. The van der Waals surface area contributed by atoms with E-state index in [1.54, 1.807) is 80.1 Å². The van der Waals surface area contributed by atoms with Crippen molar-refractivity contribution >= 4 is 57.5 Å². The zero-order chi connectivity index (χ0) is 51.1. The molecule has 1 amide bonds. The quantitative estimate of drug-likeness (QED) is 0.0393. The summed E-state index contributed by atoms with van der Waals surface area (Å²) < 4.78 is 41.3. The van der Waals surface area contributed by atoms with E-state index in [2.05, 4.69) is 11.9 Å². The smallest absolute Gasteiger partial charge is 0.455 e. The Balaban J connectivity index is 1.65. The third-order valence-electron chi connectivity index (χ3n) is 13.1. The fourth-order valence-corrected chi connectivity index (χ4v) is 11.4. The van der Waals surface area contributed by atoms with E-state index in [1.165, 1.54) is 50.6 Å². The Kier molecular flexibility index (Phi) is 18.1. The number of ketones is 1. The molecule has 2 aromatic carbocycles. The maximum atomic E-state index is 14.9. The van der Waals surface area contributed by atoms with Crippen LogP contribution in [0.1, 0.15) is 110 Å². The molecule has 1 aliphatic heterocycles. The van der Waals surface area contributed by atoms with Crippen LogP contribution in [0.15, 0.2) is 72.8 Å². The molecule has 4 N–H and O–H groups in total. The SMILES string of the molecule is C=C(C)[C@@H](C[C@]1(O)[C@H](OC(=O)c2ccccc2)[C@H]2[C@@]3(OC(C)=O)CO[C@H]3C[C@@H](O)[C@]2(C)C(=O)[C@@H](O)CC1(C)C)OC(=O)C(OC(=O)OCCSSCCC)[C@H](NC(=O)OC(C)(C)C)c1ccccc1. The number of ether oxygens (including phenoxy) is 7. The van der Waals surface area contributed by atoms with E-state index in [4.69, 9.17) is 33.2 Å². The maximum Gasteiger partial charge on any atom is 0.509 e. The normalized spacial score (nSPS) is 28.5. The Labute approximate surface area is 411 Å². The van der Waals surface area contributed by atoms with Gasteiger partial charge in [0.1, 0.15) is 48.3 Å². The van der Waals surface area contributed by atoms with Crippen molar-refractivity contribution in [2.24, 2.45) is 16.7 Å². The number of esters is 3. The lowest BCUT2D eigenvalue weighted by Crippen LogP contribution is -2.81. The van der Waals surface area contributed by atoms with Crippen molar-refractivity contribution in [1.82, 2.24) is 5.32 Å². The Morgan fingerprint density at radius 1 is 0.942 bits per heavy atom. The molecule has 3 aliphatic rings. The zero-order valence-electron chi connectivity index (χ0n) is 40.7. The van der Waals surface area contributed by atoms with Crippen LogP contribution >= 0.6 is 21.6 Å². The van der Waals surface area contributed by atoms with Gasteiger partial charge in [-0.05, 0) is 70.7 Å². The molecule has 69 heavy (non-hydrogen) atoms. The van der Waals surface area contributed by atoms with Crippen LogP contribution < -0.4 is 5.32 Å². The number of hydrogen-bond donors (Lipinski definition) is 4. The summed E-state index contributed by atoms with van der Waals surface area (Å²) in [6, 6.07) is 14.5. The van der Waals surface area contributed by atoms with Crippen molar-refractivity contribution in [3.63, 3.8) is 0 Å². The molecule has 2 aromatic rings. The third kappa shape index (κ3) is 12.5. The van der Waals surface area contributed by atoms with Gasteiger partial charge in [0.2, 0.25) is 6.10 Å². The number of alkyl carbamates (subject to hydrolysis) is 1.